The number of ether oxygens (including phenoxy) is 1. The number of nitrogen functional groups attached to an aromatic ring is 1. The van der Waals surface area contributed by atoms with Crippen LogP contribution in [0, 0.1) is 11.3 Å². The van der Waals surface area contributed by atoms with Crippen LogP contribution in [0.25, 0.3) is 0 Å². The van der Waals surface area contributed by atoms with Crippen molar-refractivity contribution in [2.75, 3.05) is 33.0 Å². The van der Waals surface area contributed by atoms with E-state index in [1.807, 2.05) is 20.2 Å². The monoisotopic (exact) mass is 219 g/mol. The van der Waals surface area contributed by atoms with E-state index in [2.05, 4.69) is 4.90 Å². The highest BCUT2D eigenvalue weighted by Gasteiger charge is 2.04. The number of hydrogen-bond donors (Lipinski definition) is 1. The van der Waals surface area contributed by atoms with Crippen molar-refractivity contribution >= 4 is 5.69 Å². The lowest BCUT2D eigenvalue weighted by Gasteiger charge is -2.12. The Kier molecular flexibility index (Phi) is 4.62. The number of hydrogen-bond acceptors (Lipinski definition) is 4. The fourth-order valence-corrected chi connectivity index (χ4v) is 1.33. The van der Waals surface area contributed by atoms with E-state index in [-0.39, 0.29) is 0 Å². The molecule has 0 bridgehead atoms. The van der Waals surface area contributed by atoms with Crippen molar-refractivity contribution in [1.29, 1.82) is 5.26 Å². The van der Waals surface area contributed by atoms with Crippen LogP contribution >= 0.6 is 0 Å². The molecular formula is C12H17N3O. The highest BCUT2D eigenvalue weighted by Crippen LogP contribution is 2.24. The topological polar surface area (TPSA) is 62.3 Å². The van der Waals surface area contributed by atoms with Crippen LogP contribution in [0.4, 0.5) is 5.69 Å². The molecule has 1 aromatic carbocycles. The fraction of sp³-hybridized carbons (Fsp3) is 0.417. The summed E-state index contributed by atoms with van der Waals surface area (Å²) in [5.74, 6) is 0.595. The Balaban J connectivity index is 2.52. The Morgan fingerprint density at radius 3 is 2.81 bits per heavy atom. The lowest BCUT2D eigenvalue weighted by atomic mass is 10.2. The highest BCUT2D eigenvalue weighted by molar-refractivity contribution is 5.62. The van der Waals surface area contributed by atoms with Crippen LogP contribution in [-0.2, 0) is 0 Å². The van der Waals surface area contributed by atoms with Crippen molar-refractivity contribution in [1.82, 2.24) is 4.90 Å². The molecule has 0 aromatic heterocycles. The molecule has 0 fully saturated rings. The third-order valence-electron chi connectivity index (χ3n) is 2.19. The Morgan fingerprint density at radius 2 is 2.19 bits per heavy atom. The molecular weight excluding hydrogens is 202 g/mol. The molecule has 0 unspecified atom stereocenters. The molecule has 0 aliphatic carbocycles. The zero-order valence-electron chi connectivity index (χ0n) is 9.73. The summed E-state index contributed by atoms with van der Waals surface area (Å²) >= 11 is 0. The van der Waals surface area contributed by atoms with Gasteiger partial charge in [-0.05, 0) is 32.6 Å². The summed E-state index contributed by atoms with van der Waals surface area (Å²) in [5, 5.41) is 8.80. The Hall–Kier alpha value is -1.73. The van der Waals surface area contributed by atoms with Crippen molar-refractivity contribution in [2.45, 2.75) is 6.42 Å². The number of nitriles is 1. The predicted molar refractivity (Wildman–Crippen MR) is 64.2 cm³/mol. The van der Waals surface area contributed by atoms with Gasteiger partial charge in [0.15, 0.2) is 0 Å². The molecule has 2 N–H and O–H groups in total. The summed E-state index contributed by atoms with van der Waals surface area (Å²) in [4.78, 5) is 2.10. The Labute approximate surface area is 96.2 Å². The van der Waals surface area contributed by atoms with Crippen LogP contribution in [-0.4, -0.2) is 32.1 Å². The molecule has 0 spiro atoms. The molecule has 0 saturated heterocycles. The number of rotatable bonds is 5. The van der Waals surface area contributed by atoms with Gasteiger partial charge in [-0.15, -0.1) is 0 Å². The van der Waals surface area contributed by atoms with Gasteiger partial charge in [0, 0.05) is 6.54 Å². The van der Waals surface area contributed by atoms with Gasteiger partial charge in [0.05, 0.1) is 17.9 Å². The van der Waals surface area contributed by atoms with Crippen LogP contribution in [0.5, 0.6) is 5.75 Å². The zero-order valence-corrected chi connectivity index (χ0v) is 9.73. The number of benzene rings is 1. The first kappa shape index (κ1) is 12.3. The van der Waals surface area contributed by atoms with E-state index in [1.165, 1.54) is 0 Å². The molecule has 0 radical (unpaired) electrons. The highest BCUT2D eigenvalue weighted by atomic mass is 16.5. The number of anilines is 1. The molecule has 86 valence electrons. The van der Waals surface area contributed by atoms with E-state index in [0.717, 1.165) is 13.0 Å². The molecule has 0 heterocycles. The minimum atomic E-state index is 0.426. The largest absolute Gasteiger partial charge is 0.491 e. The molecule has 16 heavy (non-hydrogen) atoms. The first-order valence-corrected chi connectivity index (χ1v) is 5.21. The maximum atomic E-state index is 8.80. The maximum Gasteiger partial charge on any atom is 0.143 e. The molecule has 4 nitrogen and oxygen atoms in total. The zero-order chi connectivity index (χ0) is 12.0. The third kappa shape index (κ3) is 3.44. The summed E-state index contributed by atoms with van der Waals surface area (Å²) in [6.45, 7) is 1.58. The molecule has 0 aliphatic rings. The summed E-state index contributed by atoms with van der Waals surface area (Å²) in [5.41, 5.74) is 6.67. The SMILES string of the molecule is CN(C)CCCOc1cccc(C#N)c1N. The van der Waals surface area contributed by atoms with E-state index in [1.54, 1.807) is 18.2 Å². The number of nitrogens with two attached hydrogens (primary N) is 1. The average molecular weight is 219 g/mol. The molecule has 1 rings (SSSR count). The Bertz CT molecular complexity index is 382. The van der Waals surface area contributed by atoms with Gasteiger partial charge < -0.3 is 15.4 Å². The standard InChI is InChI=1S/C12H17N3O/c1-15(2)7-4-8-16-11-6-3-5-10(9-13)12(11)14/h3,5-6H,4,7-8,14H2,1-2H3. The Morgan fingerprint density at radius 1 is 1.44 bits per heavy atom. The van der Waals surface area contributed by atoms with Gasteiger partial charge in [0.2, 0.25) is 0 Å². The molecule has 0 saturated carbocycles. The number of nitrogens with zero attached hydrogens (tertiary/aromatic N) is 2. The summed E-state index contributed by atoms with van der Waals surface area (Å²) in [6.07, 6.45) is 0.934. The second-order valence-electron chi connectivity index (χ2n) is 3.83. The van der Waals surface area contributed by atoms with Gasteiger partial charge in [-0.3, -0.25) is 0 Å². The minimum Gasteiger partial charge on any atom is -0.491 e. The minimum absolute atomic E-state index is 0.426. The average Bonchev–Trinajstić information content (AvgIpc) is 2.26. The van der Waals surface area contributed by atoms with E-state index in [9.17, 15) is 0 Å². The van der Waals surface area contributed by atoms with Crippen molar-refractivity contribution in [3.05, 3.63) is 23.8 Å². The molecule has 0 amide bonds. The van der Waals surface area contributed by atoms with E-state index < -0.39 is 0 Å². The second-order valence-corrected chi connectivity index (χ2v) is 3.83. The lowest BCUT2D eigenvalue weighted by Crippen LogP contribution is -2.15. The maximum absolute atomic E-state index is 8.80. The van der Waals surface area contributed by atoms with Crippen LogP contribution < -0.4 is 10.5 Å². The second kappa shape index (κ2) is 5.99. The van der Waals surface area contributed by atoms with Gasteiger partial charge in [-0.1, -0.05) is 6.07 Å². The van der Waals surface area contributed by atoms with Gasteiger partial charge in [-0.2, -0.15) is 5.26 Å². The van der Waals surface area contributed by atoms with E-state index in [0.29, 0.717) is 23.6 Å². The van der Waals surface area contributed by atoms with Crippen molar-refractivity contribution in [3.8, 4) is 11.8 Å². The first-order chi connectivity index (χ1) is 7.65. The quantitative estimate of drug-likeness (QED) is 0.601. The van der Waals surface area contributed by atoms with Gasteiger partial charge in [0.1, 0.15) is 11.8 Å². The summed E-state index contributed by atoms with van der Waals surface area (Å²) in [6, 6.07) is 7.27. The van der Waals surface area contributed by atoms with Crippen molar-refractivity contribution in [3.63, 3.8) is 0 Å². The third-order valence-corrected chi connectivity index (χ3v) is 2.19. The lowest BCUT2D eigenvalue weighted by molar-refractivity contribution is 0.283. The van der Waals surface area contributed by atoms with E-state index in [4.69, 9.17) is 15.7 Å². The van der Waals surface area contributed by atoms with Gasteiger partial charge in [0.25, 0.3) is 0 Å². The van der Waals surface area contributed by atoms with E-state index >= 15 is 0 Å². The van der Waals surface area contributed by atoms with Crippen LogP contribution in [0.3, 0.4) is 0 Å². The smallest absolute Gasteiger partial charge is 0.143 e. The van der Waals surface area contributed by atoms with Crippen LogP contribution in [0.15, 0.2) is 18.2 Å². The van der Waals surface area contributed by atoms with Crippen molar-refractivity contribution < 1.29 is 4.74 Å². The van der Waals surface area contributed by atoms with Gasteiger partial charge in [-0.25, -0.2) is 0 Å². The summed E-state index contributed by atoms with van der Waals surface area (Å²) < 4.78 is 5.53. The molecule has 0 atom stereocenters. The summed E-state index contributed by atoms with van der Waals surface area (Å²) in [7, 11) is 4.04. The first-order valence-electron chi connectivity index (χ1n) is 5.21. The number of para-hydroxylation sites is 1. The molecule has 0 aliphatic heterocycles. The normalized spacial score (nSPS) is 10.1. The van der Waals surface area contributed by atoms with Crippen molar-refractivity contribution in [2.24, 2.45) is 0 Å². The van der Waals surface area contributed by atoms with Crippen LogP contribution in [0.1, 0.15) is 12.0 Å². The molecule has 1 aromatic rings. The van der Waals surface area contributed by atoms with Crippen LogP contribution in [0.2, 0.25) is 0 Å². The fourth-order valence-electron chi connectivity index (χ4n) is 1.33. The predicted octanol–water partition coefficient (Wildman–Crippen LogP) is 1.47. The molecule has 4 heteroatoms. The van der Waals surface area contributed by atoms with Gasteiger partial charge >= 0.3 is 0 Å².